The van der Waals surface area contributed by atoms with Gasteiger partial charge in [0.1, 0.15) is 18.1 Å². The zero-order valence-electron chi connectivity index (χ0n) is 24.4. The van der Waals surface area contributed by atoms with Gasteiger partial charge in [-0.2, -0.15) is 0 Å². The maximum Gasteiger partial charge on any atom is 0.326 e. The van der Waals surface area contributed by atoms with Gasteiger partial charge in [-0.25, -0.2) is 14.4 Å². The Labute approximate surface area is 251 Å². The van der Waals surface area contributed by atoms with E-state index < -0.39 is 54.0 Å². The Hall–Kier alpha value is -4.65. The molecule has 13 heteroatoms. The molecule has 0 unspecified atom stereocenters. The van der Waals surface area contributed by atoms with Crippen molar-refractivity contribution >= 4 is 29.8 Å². The van der Waals surface area contributed by atoms with Gasteiger partial charge < -0.3 is 42.5 Å². The standard InChI is InChI=1S/C30H42N6O7/c1-19(2)25(27(39)33-22(18-37)16-20-10-5-3-6-11-20)36-26(38)23(14-9-15-32-29(31)42)34-30(43)35-24(28(40)41)17-21-12-7-4-8-13-21/h3-8,10-13,19,22-25,37H,9,14-18H2,1-2H3,(H,33,39)(H,36,38)(H,40,41)(H3,31,32,42)(H2,34,35,43)/t22-,23-,24-,25-/m0/s1. The lowest BCUT2D eigenvalue weighted by Crippen LogP contribution is -2.58. The fourth-order valence-corrected chi connectivity index (χ4v) is 4.33. The van der Waals surface area contributed by atoms with Crippen LogP contribution in [0.2, 0.25) is 0 Å². The summed E-state index contributed by atoms with van der Waals surface area (Å²) in [5.41, 5.74) is 6.71. The summed E-state index contributed by atoms with van der Waals surface area (Å²) in [6, 6.07) is 12.4. The Morgan fingerprint density at radius 3 is 1.84 bits per heavy atom. The van der Waals surface area contributed by atoms with Crippen LogP contribution < -0.4 is 32.3 Å². The van der Waals surface area contributed by atoms with Gasteiger partial charge >= 0.3 is 18.0 Å². The second-order valence-electron chi connectivity index (χ2n) is 10.5. The number of carbonyl (C=O) groups is 5. The number of aliphatic carboxylic acids is 1. The summed E-state index contributed by atoms with van der Waals surface area (Å²) >= 11 is 0. The molecular formula is C30H42N6O7. The van der Waals surface area contributed by atoms with E-state index in [-0.39, 0.29) is 38.3 Å². The molecule has 13 nitrogen and oxygen atoms in total. The zero-order chi connectivity index (χ0) is 31.8. The Morgan fingerprint density at radius 2 is 1.33 bits per heavy atom. The third kappa shape index (κ3) is 12.8. The highest BCUT2D eigenvalue weighted by atomic mass is 16.4. The molecule has 0 saturated carbocycles. The minimum atomic E-state index is -1.27. The van der Waals surface area contributed by atoms with Crippen molar-refractivity contribution < 1.29 is 34.2 Å². The molecule has 0 fully saturated rings. The van der Waals surface area contributed by atoms with E-state index in [1.165, 1.54) is 0 Å². The quantitative estimate of drug-likeness (QED) is 0.122. The molecule has 6 amide bonds. The van der Waals surface area contributed by atoms with E-state index in [0.717, 1.165) is 5.56 Å². The first-order chi connectivity index (χ1) is 20.5. The zero-order valence-corrected chi connectivity index (χ0v) is 24.4. The highest BCUT2D eigenvalue weighted by molar-refractivity contribution is 5.92. The highest BCUT2D eigenvalue weighted by Gasteiger charge is 2.30. The maximum absolute atomic E-state index is 13.4. The Morgan fingerprint density at radius 1 is 0.767 bits per heavy atom. The summed E-state index contributed by atoms with van der Waals surface area (Å²) < 4.78 is 0. The van der Waals surface area contributed by atoms with Gasteiger partial charge in [0.25, 0.3) is 0 Å². The number of carboxylic acids is 1. The molecule has 0 aliphatic heterocycles. The van der Waals surface area contributed by atoms with Crippen molar-refractivity contribution in [2.45, 2.75) is 63.7 Å². The molecule has 0 radical (unpaired) electrons. The minimum Gasteiger partial charge on any atom is -0.480 e. The predicted molar refractivity (Wildman–Crippen MR) is 160 cm³/mol. The van der Waals surface area contributed by atoms with E-state index in [2.05, 4.69) is 26.6 Å². The van der Waals surface area contributed by atoms with Crippen LogP contribution in [0.15, 0.2) is 60.7 Å². The third-order valence-electron chi connectivity index (χ3n) is 6.62. The van der Waals surface area contributed by atoms with Gasteiger partial charge in [0.2, 0.25) is 11.8 Å². The van der Waals surface area contributed by atoms with E-state index in [4.69, 9.17) is 5.73 Å². The van der Waals surface area contributed by atoms with E-state index in [9.17, 15) is 34.2 Å². The van der Waals surface area contributed by atoms with Gasteiger partial charge in [0, 0.05) is 13.0 Å². The lowest BCUT2D eigenvalue weighted by Gasteiger charge is -2.27. The number of primary amides is 1. The van der Waals surface area contributed by atoms with Gasteiger partial charge in [-0.3, -0.25) is 9.59 Å². The maximum atomic E-state index is 13.4. The van der Waals surface area contributed by atoms with Gasteiger partial charge in [-0.15, -0.1) is 0 Å². The second kappa shape index (κ2) is 18.0. The summed E-state index contributed by atoms with van der Waals surface area (Å²) in [6.45, 7) is 3.29. The molecule has 0 heterocycles. The monoisotopic (exact) mass is 598 g/mol. The molecule has 4 atom stereocenters. The number of carbonyl (C=O) groups excluding carboxylic acids is 4. The van der Waals surface area contributed by atoms with Gasteiger partial charge in [-0.05, 0) is 36.3 Å². The smallest absolute Gasteiger partial charge is 0.326 e. The number of aliphatic hydroxyl groups is 1. The van der Waals surface area contributed by atoms with Crippen LogP contribution in [0.5, 0.6) is 0 Å². The van der Waals surface area contributed by atoms with Crippen molar-refractivity contribution in [1.29, 1.82) is 0 Å². The summed E-state index contributed by atoms with van der Waals surface area (Å²) in [4.78, 5) is 62.3. The molecule has 234 valence electrons. The minimum absolute atomic E-state index is 0.0214. The first kappa shape index (κ1) is 34.6. The molecular weight excluding hydrogens is 556 g/mol. The summed E-state index contributed by atoms with van der Waals surface area (Å²) in [5, 5.41) is 32.2. The molecule has 0 spiro atoms. The lowest BCUT2D eigenvalue weighted by molar-refractivity contribution is -0.139. The van der Waals surface area contributed by atoms with Crippen molar-refractivity contribution in [1.82, 2.24) is 26.6 Å². The molecule has 0 bridgehead atoms. The van der Waals surface area contributed by atoms with Crippen LogP contribution in [-0.2, 0) is 27.2 Å². The number of amides is 6. The van der Waals surface area contributed by atoms with E-state index in [1.54, 1.807) is 44.2 Å². The van der Waals surface area contributed by atoms with Crippen LogP contribution in [0.3, 0.4) is 0 Å². The Bertz CT molecular complexity index is 1200. The summed E-state index contributed by atoms with van der Waals surface area (Å²) in [5.74, 6) is -2.79. The SMILES string of the molecule is CC(C)[C@H](NC(=O)[C@H](CCCNC(N)=O)NC(=O)N[C@@H](Cc1ccccc1)C(=O)O)C(=O)N[C@H](CO)Cc1ccccc1. The summed E-state index contributed by atoms with van der Waals surface area (Å²) in [6.07, 6.45) is 0.700. The van der Waals surface area contributed by atoms with Gasteiger partial charge in [-0.1, -0.05) is 74.5 Å². The van der Waals surface area contributed by atoms with Crippen LogP contribution in [0.1, 0.15) is 37.8 Å². The average molecular weight is 599 g/mol. The normalized spacial score (nSPS) is 13.6. The number of benzene rings is 2. The molecule has 0 saturated heterocycles. The van der Waals surface area contributed by atoms with Gasteiger partial charge in [0.15, 0.2) is 0 Å². The fourth-order valence-electron chi connectivity index (χ4n) is 4.33. The first-order valence-corrected chi connectivity index (χ1v) is 14.1. The third-order valence-corrected chi connectivity index (χ3v) is 6.62. The Balaban J connectivity index is 2.11. The number of nitrogens with one attached hydrogen (secondary N) is 5. The number of aliphatic hydroxyl groups excluding tert-OH is 1. The number of rotatable bonds is 17. The first-order valence-electron chi connectivity index (χ1n) is 14.1. The van der Waals surface area contributed by atoms with Crippen LogP contribution in [-0.4, -0.2) is 77.4 Å². The molecule has 2 aromatic carbocycles. The van der Waals surface area contributed by atoms with Crippen molar-refractivity contribution in [2.24, 2.45) is 11.7 Å². The van der Waals surface area contributed by atoms with E-state index in [0.29, 0.717) is 12.0 Å². The van der Waals surface area contributed by atoms with E-state index >= 15 is 0 Å². The van der Waals surface area contributed by atoms with Crippen LogP contribution in [0.4, 0.5) is 9.59 Å². The average Bonchev–Trinajstić information content (AvgIpc) is 2.97. The number of nitrogens with two attached hydrogens (primary N) is 1. The van der Waals surface area contributed by atoms with E-state index in [1.807, 2.05) is 30.3 Å². The second-order valence-corrected chi connectivity index (χ2v) is 10.5. The van der Waals surface area contributed by atoms with Crippen molar-refractivity contribution in [3.8, 4) is 0 Å². The molecule has 2 aromatic rings. The molecule has 2 rings (SSSR count). The number of hydrogen-bond acceptors (Lipinski definition) is 6. The predicted octanol–water partition coefficient (Wildman–Crippen LogP) is 0.659. The Kier molecular flexibility index (Phi) is 14.5. The molecule has 0 aromatic heterocycles. The molecule has 0 aliphatic carbocycles. The lowest BCUT2D eigenvalue weighted by atomic mass is 10.0. The summed E-state index contributed by atoms with van der Waals surface area (Å²) in [7, 11) is 0. The number of carboxylic acid groups (broad SMARTS) is 1. The van der Waals surface area contributed by atoms with Crippen molar-refractivity contribution in [2.75, 3.05) is 13.2 Å². The van der Waals surface area contributed by atoms with Crippen molar-refractivity contribution in [3.63, 3.8) is 0 Å². The fraction of sp³-hybridized carbons (Fsp3) is 0.433. The number of hydrogen-bond donors (Lipinski definition) is 8. The highest BCUT2D eigenvalue weighted by Crippen LogP contribution is 2.08. The molecule has 9 N–H and O–H groups in total. The molecule has 43 heavy (non-hydrogen) atoms. The largest absolute Gasteiger partial charge is 0.480 e. The van der Waals surface area contributed by atoms with Crippen LogP contribution >= 0.6 is 0 Å². The van der Waals surface area contributed by atoms with Gasteiger partial charge in [0.05, 0.1) is 12.6 Å². The van der Waals surface area contributed by atoms with Crippen LogP contribution in [0.25, 0.3) is 0 Å². The number of urea groups is 2. The molecule has 0 aliphatic rings. The van der Waals surface area contributed by atoms with Crippen molar-refractivity contribution in [3.05, 3.63) is 71.8 Å². The van der Waals surface area contributed by atoms with Crippen LogP contribution in [0, 0.1) is 5.92 Å². The topological polar surface area (TPSA) is 212 Å².